The fourth-order valence-electron chi connectivity index (χ4n) is 6.25. The van der Waals surface area contributed by atoms with Crippen LogP contribution < -0.4 is 10.8 Å². The van der Waals surface area contributed by atoms with Gasteiger partial charge in [0.05, 0.1) is 23.5 Å². The predicted octanol–water partition coefficient (Wildman–Crippen LogP) is 7.20. The van der Waals surface area contributed by atoms with Crippen LogP contribution in [0.15, 0.2) is 91.3 Å². The second kappa shape index (κ2) is 12.7. The molecule has 0 saturated heterocycles. The Morgan fingerprint density at radius 1 is 0.911 bits per heavy atom. The van der Waals surface area contributed by atoms with Crippen molar-refractivity contribution in [3.8, 4) is 22.4 Å². The van der Waals surface area contributed by atoms with E-state index in [1.54, 1.807) is 0 Å². The van der Waals surface area contributed by atoms with Gasteiger partial charge >= 0.3 is 6.09 Å². The summed E-state index contributed by atoms with van der Waals surface area (Å²) in [6, 6.07) is 28.9. The number of alkyl carbamates (subject to hydrolysis) is 1. The molecule has 0 aliphatic heterocycles. The molecule has 0 spiro atoms. The Bertz CT molecular complexity index is 1830. The highest BCUT2D eigenvalue weighted by atomic mass is 16.6. The van der Waals surface area contributed by atoms with E-state index in [9.17, 15) is 15.3 Å². The smallest absolute Gasteiger partial charge is 0.407 e. The molecule has 232 valence electrons. The maximum Gasteiger partial charge on any atom is 0.407 e. The minimum absolute atomic E-state index is 0.131. The minimum atomic E-state index is -0.548. The molecule has 3 N–H and O–H groups in total. The highest BCUT2D eigenvalue weighted by Gasteiger charge is 2.26. The van der Waals surface area contributed by atoms with Gasteiger partial charge in [0.2, 0.25) is 0 Å². The van der Waals surface area contributed by atoms with Crippen molar-refractivity contribution in [3.63, 3.8) is 0 Å². The second-order valence-corrected chi connectivity index (χ2v) is 12.9. The molecule has 0 bridgehead atoms. The van der Waals surface area contributed by atoms with Crippen molar-refractivity contribution in [1.29, 1.82) is 5.41 Å². The van der Waals surface area contributed by atoms with Crippen LogP contribution in [0.2, 0.25) is 0 Å². The largest absolute Gasteiger partial charge is 0.444 e. The number of fused-ring (bicyclic) bond motifs is 1. The Morgan fingerprint density at radius 2 is 1.51 bits per heavy atom. The zero-order valence-electron chi connectivity index (χ0n) is 26.2. The molecule has 8 heteroatoms. The molecule has 3 aromatic carbocycles. The number of hydrogen-bond donors (Lipinski definition) is 3. The lowest BCUT2D eigenvalue weighted by Gasteiger charge is -2.27. The third-order valence-electron chi connectivity index (χ3n) is 8.40. The number of aromatic nitrogens is 3. The fourth-order valence-corrected chi connectivity index (χ4v) is 6.25. The SMILES string of the molecule is CC(C)(C)OC(=O)NCc1ccc(Cn2c(-c3ccccc3)c(-c3ccccc3)c3c(=N)n(C4CCC(O)CC4)cnc32)cc1. The highest BCUT2D eigenvalue weighted by molar-refractivity contribution is 6.02. The Hall–Kier alpha value is -4.69. The van der Waals surface area contributed by atoms with Crippen LogP contribution in [0.1, 0.15) is 63.6 Å². The molecule has 1 saturated carbocycles. The van der Waals surface area contributed by atoms with E-state index < -0.39 is 11.7 Å². The number of benzene rings is 3. The number of aliphatic hydroxyl groups is 1. The lowest BCUT2D eigenvalue weighted by Crippen LogP contribution is -2.32. The van der Waals surface area contributed by atoms with Gasteiger partial charge in [-0.3, -0.25) is 5.41 Å². The van der Waals surface area contributed by atoms with Gasteiger partial charge < -0.3 is 24.3 Å². The molecular formula is C37H41N5O3. The maximum atomic E-state index is 12.2. The van der Waals surface area contributed by atoms with Crippen molar-refractivity contribution >= 4 is 17.1 Å². The Labute approximate surface area is 263 Å². The molecule has 45 heavy (non-hydrogen) atoms. The van der Waals surface area contributed by atoms with E-state index in [-0.39, 0.29) is 12.1 Å². The van der Waals surface area contributed by atoms with Crippen molar-refractivity contribution in [3.05, 3.63) is 108 Å². The Balaban J connectivity index is 1.44. The first-order valence-electron chi connectivity index (χ1n) is 15.7. The van der Waals surface area contributed by atoms with Gasteiger partial charge in [0.15, 0.2) is 0 Å². The average Bonchev–Trinajstić information content (AvgIpc) is 3.36. The summed E-state index contributed by atoms with van der Waals surface area (Å²) in [6.07, 6.45) is 4.24. The van der Waals surface area contributed by atoms with E-state index in [0.29, 0.717) is 18.6 Å². The van der Waals surface area contributed by atoms with E-state index in [2.05, 4.69) is 46.3 Å². The highest BCUT2D eigenvalue weighted by Crippen LogP contribution is 2.40. The first-order valence-corrected chi connectivity index (χ1v) is 15.7. The number of carbonyl (C=O) groups excluding carboxylic acids is 1. The molecule has 0 radical (unpaired) electrons. The van der Waals surface area contributed by atoms with Gasteiger partial charge in [-0.15, -0.1) is 0 Å². The molecular weight excluding hydrogens is 562 g/mol. The summed E-state index contributed by atoms with van der Waals surface area (Å²) < 4.78 is 9.61. The van der Waals surface area contributed by atoms with Crippen LogP contribution in [-0.4, -0.2) is 37.0 Å². The van der Waals surface area contributed by atoms with E-state index in [0.717, 1.165) is 70.2 Å². The van der Waals surface area contributed by atoms with Gasteiger partial charge in [-0.25, -0.2) is 9.78 Å². The molecule has 1 aliphatic rings. The first-order chi connectivity index (χ1) is 21.7. The van der Waals surface area contributed by atoms with Crippen molar-refractivity contribution in [1.82, 2.24) is 19.4 Å². The summed E-state index contributed by atoms with van der Waals surface area (Å²) in [5, 5.41) is 23.3. The summed E-state index contributed by atoms with van der Waals surface area (Å²) >= 11 is 0. The molecule has 0 unspecified atom stereocenters. The standard InChI is InChI=1S/C37H41N5O3/c1-37(2,3)45-36(44)39-22-25-14-16-26(17-15-25)23-41-33(28-12-8-5-9-13-28)31(27-10-6-4-7-11-27)32-34(38)42(24-40-35(32)41)29-18-20-30(43)21-19-29/h4-17,24,29-30,38,43H,18-23H2,1-3H3,(H,39,44). The molecule has 8 nitrogen and oxygen atoms in total. The van der Waals surface area contributed by atoms with E-state index >= 15 is 0 Å². The minimum Gasteiger partial charge on any atom is -0.444 e. The zero-order valence-corrected chi connectivity index (χ0v) is 26.2. The predicted molar refractivity (Wildman–Crippen MR) is 177 cm³/mol. The van der Waals surface area contributed by atoms with Crippen LogP contribution in [0.4, 0.5) is 4.79 Å². The zero-order chi connectivity index (χ0) is 31.6. The van der Waals surface area contributed by atoms with Crippen LogP contribution in [0.5, 0.6) is 0 Å². The third kappa shape index (κ3) is 6.71. The van der Waals surface area contributed by atoms with Crippen LogP contribution in [0.3, 0.4) is 0 Å². The number of hydrogen-bond acceptors (Lipinski definition) is 5. The van der Waals surface area contributed by atoms with Crippen molar-refractivity contribution in [2.45, 2.75) is 77.3 Å². The number of aliphatic hydroxyl groups excluding tert-OH is 1. The summed E-state index contributed by atoms with van der Waals surface area (Å²) in [5.41, 5.74) is 6.82. The molecule has 5 aromatic rings. The molecule has 1 fully saturated rings. The quantitative estimate of drug-likeness (QED) is 0.183. The number of rotatable bonds is 7. The van der Waals surface area contributed by atoms with Crippen molar-refractivity contribution < 1.29 is 14.6 Å². The number of nitrogens with one attached hydrogen (secondary N) is 2. The molecule has 2 aromatic heterocycles. The molecule has 6 rings (SSSR count). The fraction of sp³-hybridized carbons (Fsp3) is 0.324. The van der Waals surface area contributed by atoms with Crippen molar-refractivity contribution in [2.24, 2.45) is 0 Å². The lowest BCUT2D eigenvalue weighted by atomic mass is 9.93. The third-order valence-corrected chi connectivity index (χ3v) is 8.40. The average molecular weight is 604 g/mol. The van der Waals surface area contributed by atoms with Gasteiger partial charge in [0.25, 0.3) is 0 Å². The van der Waals surface area contributed by atoms with E-state index in [1.165, 1.54) is 0 Å². The summed E-state index contributed by atoms with van der Waals surface area (Å²) in [6.45, 7) is 6.46. The number of ether oxygens (including phenoxy) is 1. The van der Waals surface area contributed by atoms with Gasteiger partial charge in [-0.05, 0) is 68.7 Å². The number of amides is 1. The first kappa shape index (κ1) is 30.3. The molecule has 1 aliphatic carbocycles. The Kier molecular flexibility index (Phi) is 8.59. The van der Waals surface area contributed by atoms with Gasteiger partial charge in [0, 0.05) is 24.7 Å². The van der Waals surface area contributed by atoms with Crippen LogP contribution in [0.25, 0.3) is 33.4 Å². The van der Waals surface area contributed by atoms with E-state index in [1.807, 2.05) is 80.2 Å². The van der Waals surface area contributed by atoms with Crippen LogP contribution in [0, 0.1) is 5.41 Å². The summed E-state index contributed by atoms with van der Waals surface area (Å²) in [5.74, 6) is 0. The topological polar surface area (TPSA) is 105 Å². The van der Waals surface area contributed by atoms with Crippen LogP contribution in [-0.2, 0) is 17.8 Å². The summed E-state index contributed by atoms with van der Waals surface area (Å²) in [4.78, 5) is 17.2. The summed E-state index contributed by atoms with van der Waals surface area (Å²) in [7, 11) is 0. The van der Waals surface area contributed by atoms with E-state index in [4.69, 9.17) is 9.72 Å². The number of carbonyl (C=O) groups is 1. The molecule has 1 amide bonds. The monoisotopic (exact) mass is 603 g/mol. The van der Waals surface area contributed by atoms with Gasteiger partial charge in [0.1, 0.15) is 16.7 Å². The maximum absolute atomic E-state index is 12.2. The molecule has 0 atom stereocenters. The molecule has 2 heterocycles. The lowest BCUT2D eigenvalue weighted by molar-refractivity contribution is 0.0523. The van der Waals surface area contributed by atoms with Gasteiger partial charge in [-0.2, -0.15) is 0 Å². The number of nitrogens with zero attached hydrogens (tertiary/aromatic N) is 3. The normalized spacial score (nSPS) is 16.9. The van der Waals surface area contributed by atoms with Gasteiger partial charge in [-0.1, -0.05) is 84.9 Å². The Morgan fingerprint density at radius 3 is 2.13 bits per heavy atom. The van der Waals surface area contributed by atoms with Crippen molar-refractivity contribution in [2.75, 3.05) is 0 Å². The van der Waals surface area contributed by atoms with Crippen LogP contribution >= 0.6 is 0 Å². The second-order valence-electron chi connectivity index (χ2n) is 12.9.